The van der Waals surface area contributed by atoms with Crippen LogP contribution in [0.25, 0.3) is 0 Å². The van der Waals surface area contributed by atoms with Crippen LogP contribution < -0.4 is 9.47 Å². The van der Waals surface area contributed by atoms with Crippen molar-refractivity contribution >= 4 is 17.3 Å². The number of aromatic carboxylic acids is 1. The Kier molecular flexibility index (Phi) is 3.13. The summed E-state index contributed by atoms with van der Waals surface area (Å²) < 4.78 is 11.7. The molecule has 110 valence electrons. The molecule has 0 atom stereocenters. The second-order valence-corrected chi connectivity index (χ2v) is 6.55. The van der Waals surface area contributed by atoms with Gasteiger partial charge in [-0.1, -0.05) is 23.5 Å². The number of aromatic nitrogens is 1. The summed E-state index contributed by atoms with van der Waals surface area (Å²) in [4.78, 5) is 15.4. The molecule has 0 aliphatic carbocycles. The molecule has 0 fully saturated rings. The molecular weight excluding hydrogens is 290 g/mol. The molecule has 1 aliphatic rings. The van der Waals surface area contributed by atoms with Gasteiger partial charge in [-0.15, -0.1) is 0 Å². The monoisotopic (exact) mass is 305 g/mol. The van der Waals surface area contributed by atoms with Crippen molar-refractivity contribution < 1.29 is 19.4 Å². The third-order valence-corrected chi connectivity index (χ3v) is 4.25. The second kappa shape index (κ2) is 4.73. The number of rotatable bonds is 3. The Morgan fingerprint density at radius 1 is 1.48 bits per heavy atom. The van der Waals surface area contributed by atoms with Gasteiger partial charge >= 0.3 is 5.97 Å². The molecule has 0 unspecified atom stereocenters. The summed E-state index contributed by atoms with van der Waals surface area (Å²) in [5.41, 5.74) is 1.29. The Labute approximate surface area is 126 Å². The van der Waals surface area contributed by atoms with Gasteiger partial charge in [0.25, 0.3) is 5.19 Å². The number of benzene rings is 1. The summed E-state index contributed by atoms with van der Waals surface area (Å²) in [5.74, 6) is 0.298. The molecule has 0 saturated carbocycles. The summed E-state index contributed by atoms with van der Waals surface area (Å²) in [5, 5.41) is 9.37. The number of thiazole rings is 1. The number of ether oxygens (including phenoxy) is 2. The minimum Gasteiger partial charge on any atom is -0.483 e. The predicted molar refractivity (Wildman–Crippen MR) is 78.7 cm³/mol. The van der Waals surface area contributed by atoms with Crippen molar-refractivity contribution in [3.05, 3.63) is 34.3 Å². The van der Waals surface area contributed by atoms with Crippen LogP contribution in [-0.4, -0.2) is 21.7 Å². The topological polar surface area (TPSA) is 68.7 Å². The fourth-order valence-electron chi connectivity index (χ4n) is 2.38. The van der Waals surface area contributed by atoms with Crippen molar-refractivity contribution in [2.24, 2.45) is 0 Å². The number of nitrogens with zero attached hydrogens (tertiary/aromatic N) is 1. The Bertz CT molecular complexity index is 720. The standard InChI is InChI=1S/C15H15NO4S/c1-8-12(13(17)18)21-14(16-8)19-10-6-4-5-9-7-15(2,3)20-11(9)10/h4-6H,7H2,1-3H3,(H,17,18). The fourth-order valence-corrected chi connectivity index (χ4v) is 3.14. The fraction of sp³-hybridized carbons (Fsp3) is 0.333. The molecule has 0 amide bonds. The molecule has 0 bridgehead atoms. The highest BCUT2D eigenvalue weighted by atomic mass is 32.1. The lowest BCUT2D eigenvalue weighted by atomic mass is 10.0. The summed E-state index contributed by atoms with van der Waals surface area (Å²) in [6, 6.07) is 5.71. The first-order valence-electron chi connectivity index (χ1n) is 6.55. The van der Waals surface area contributed by atoms with Crippen molar-refractivity contribution in [2.75, 3.05) is 0 Å². The van der Waals surface area contributed by atoms with E-state index < -0.39 is 5.97 Å². The average Bonchev–Trinajstić information content (AvgIpc) is 2.88. The van der Waals surface area contributed by atoms with Gasteiger partial charge in [-0.05, 0) is 26.8 Å². The van der Waals surface area contributed by atoms with E-state index >= 15 is 0 Å². The Morgan fingerprint density at radius 3 is 2.90 bits per heavy atom. The number of para-hydroxylation sites is 1. The zero-order chi connectivity index (χ0) is 15.2. The quantitative estimate of drug-likeness (QED) is 0.937. The molecule has 1 aromatic heterocycles. The van der Waals surface area contributed by atoms with E-state index in [2.05, 4.69) is 4.98 Å². The van der Waals surface area contributed by atoms with Gasteiger partial charge in [0.1, 0.15) is 10.5 Å². The van der Waals surface area contributed by atoms with Crippen LogP contribution in [0.2, 0.25) is 0 Å². The lowest BCUT2D eigenvalue weighted by molar-refractivity contribution is 0.0701. The highest BCUT2D eigenvalue weighted by Gasteiger charge is 2.32. The van der Waals surface area contributed by atoms with Gasteiger partial charge in [-0.3, -0.25) is 0 Å². The van der Waals surface area contributed by atoms with Gasteiger partial charge in [0.2, 0.25) is 0 Å². The van der Waals surface area contributed by atoms with Crippen LogP contribution in [0.15, 0.2) is 18.2 Å². The molecule has 2 aromatic rings. The van der Waals surface area contributed by atoms with Gasteiger partial charge in [-0.2, -0.15) is 0 Å². The number of carboxylic acids is 1. The van der Waals surface area contributed by atoms with Crippen LogP contribution in [-0.2, 0) is 6.42 Å². The van der Waals surface area contributed by atoms with E-state index in [9.17, 15) is 4.79 Å². The first kappa shape index (κ1) is 13.9. The van der Waals surface area contributed by atoms with Crippen molar-refractivity contribution in [2.45, 2.75) is 32.8 Å². The van der Waals surface area contributed by atoms with E-state index in [1.807, 2.05) is 26.0 Å². The summed E-state index contributed by atoms with van der Waals surface area (Å²) in [6.07, 6.45) is 0.816. The van der Waals surface area contributed by atoms with Crippen molar-refractivity contribution in [1.82, 2.24) is 4.98 Å². The molecule has 5 nitrogen and oxygen atoms in total. The van der Waals surface area contributed by atoms with E-state index in [0.717, 1.165) is 23.3 Å². The zero-order valence-corrected chi connectivity index (χ0v) is 12.8. The van der Waals surface area contributed by atoms with E-state index in [-0.39, 0.29) is 10.5 Å². The number of hydrogen-bond acceptors (Lipinski definition) is 5. The van der Waals surface area contributed by atoms with E-state index in [1.54, 1.807) is 13.0 Å². The van der Waals surface area contributed by atoms with E-state index in [4.69, 9.17) is 14.6 Å². The zero-order valence-electron chi connectivity index (χ0n) is 12.0. The summed E-state index contributed by atoms with van der Waals surface area (Å²) in [7, 11) is 0. The van der Waals surface area contributed by atoms with Gasteiger partial charge in [0.15, 0.2) is 11.5 Å². The first-order chi connectivity index (χ1) is 9.85. The molecule has 1 N–H and O–H groups in total. The number of fused-ring (bicyclic) bond motifs is 1. The molecule has 3 rings (SSSR count). The lowest BCUT2D eigenvalue weighted by Gasteiger charge is -2.17. The second-order valence-electron chi connectivity index (χ2n) is 5.58. The molecule has 6 heteroatoms. The van der Waals surface area contributed by atoms with Crippen molar-refractivity contribution in [1.29, 1.82) is 0 Å². The highest BCUT2D eigenvalue weighted by Crippen LogP contribution is 2.44. The minimum atomic E-state index is -0.990. The summed E-state index contributed by atoms with van der Waals surface area (Å²) >= 11 is 1.02. The number of carbonyl (C=O) groups is 1. The van der Waals surface area contributed by atoms with E-state index in [0.29, 0.717) is 22.4 Å². The molecular formula is C15H15NO4S. The molecule has 21 heavy (non-hydrogen) atoms. The predicted octanol–water partition coefficient (Wildman–Crippen LogP) is 3.66. The Balaban J connectivity index is 1.92. The normalized spacial score (nSPS) is 15.4. The molecule has 1 aromatic carbocycles. The number of hydrogen-bond donors (Lipinski definition) is 1. The number of carboxylic acid groups (broad SMARTS) is 1. The maximum atomic E-state index is 11.1. The molecule has 0 radical (unpaired) electrons. The van der Waals surface area contributed by atoms with Gasteiger partial charge in [0, 0.05) is 12.0 Å². The molecule has 1 aliphatic heterocycles. The van der Waals surface area contributed by atoms with Gasteiger partial charge in [-0.25, -0.2) is 9.78 Å². The first-order valence-corrected chi connectivity index (χ1v) is 7.37. The van der Waals surface area contributed by atoms with Crippen molar-refractivity contribution in [3.8, 4) is 16.7 Å². The van der Waals surface area contributed by atoms with Crippen LogP contribution in [0.3, 0.4) is 0 Å². The molecule has 0 saturated heterocycles. The molecule has 2 heterocycles. The molecule has 0 spiro atoms. The van der Waals surface area contributed by atoms with Crippen LogP contribution in [0.1, 0.15) is 34.8 Å². The smallest absolute Gasteiger partial charge is 0.347 e. The third-order valence-electron chi connectivity index (χ3n) is 3.22. The SMILES string of the molecule is Cc1nc(Oc2cccc3c2OC(C)(C)C3)sc1C(=O)O. The maximum absolute atomic E-state index is 11.1. The summed E-state index contributed by atoms with van der Waals surface area (Å²) in [6.45, 7) is 5.70. The van der Waals surface area contributed by atoms with Crippen LogP contribution >= 0.6 is 11.3 Å². The van der Waals surface area contributed by atoms with Crippen LogP contribution in [0.4, 0.5) is 0 Å². The largest absolute Gasteiger partial charge is 0.483 e. The van der Waals surface area contributed by atoms with Crippen LogP contribution in [0, 0.1) is 6.92 Å². The van der Waals surface area contributed by atoms with E-state index in [1.165, 1.54) is 0 Å². The lowest BCUT2D eigenvalue weighted by Crippen LogP contribution is -2.24. The van der Waals surface area contributed by atoms with Crippen molar-refractivity contribution in [3.63, 3.8) is 0 Å². The Morgan fingerprint density at radius 2 is 2.24 bits per heavy atom. The van der Waals surface area contributed by atoms with Gasteiger partial charge < -0.3 is 14.6 Å². The maximum Gasteiger partial charge on any atom is 0.347 e. The van der Waals surface area contributed by atoms with Crippen LogP contribution in [0.5, 0.6) is 16.7 Å². The average molecular weight is 305 g/mol. The Hall–Kier alpha value is -2.08. The van der Waals surface area contributed by atoms with Gasteiger partial charge in [0.05, 0.1) is 5.69 Å². The number of aryl methyl sites for hydroxylation is 1. The third kappa shape index (κ3) is 2.58. The highest BCUT2D eigenvalue weighted by molar-refractivity contribution is 7.15. The minimum absolute atomic E-state index is 0.193.